The van der Waals surface area contributed by atoms with E-state index in [-0.39, 0.29) is 0 Å². The summed E-state index contributed by atoms with van der Waals surface area (Å²) >= 11 is 0. The van der Waals surface area contributed by atoms with Crippen molar-refractivity contribution in [3.05, 3.63) is 35.4 Å². The van der Waals surface area contributed by atoms with Crippen LogP contribution >= 0.6 is 0 Å². The third kappa shape index (κ3) is 3.78. The molecule has 1 amide bonds. The minimum Gasteiger partial charge on any atom is -0.389 e. The van der Waals surface area contributed by atoms with Crippen LogP contribution in [-0.2, 0) is 6.54 Å². The Labute approximate surface area is 114 Å². The van der Waals surface area contributed by atoms with Gasteiger partial charge in [-0.05, 0) is 37.6 Å². The van der Waals surface area contributed by atoms with Gasteiger partial charge in [-0.2, -0.15) is 0 Å². The average molecular weight is 262 g/mol. The minimum absolute atomic E-state index is 0.404. The van der Waals surface area contributed by atoms with Crippen molar-refractivity contribution in [1.82, 2.24) is 4.90 Å². The molecule has 1 aromatic carbocycles. The molecule has 0 atom stereocenters. The van der Waals surface area contributed by atoms with Crippen molar-refractivity contribution in [1.29, 1.82) is 0 Å². The molecule has 0 heterocycles. The summed E-state index contributed by atoms with van der Waals surface area (Å²) in [6.07, 6.45) is 4.00. The molecule has 0 saturated heterocycles. The first-order chi connectivity index (χ1) is 8.98. The standard InChI is InChI=1S/C15H22N2O2/c1-17(11-15(19)7-2-3-8-15)10-12-5-4-6-13(9-12)14(16)18/h4-6,9,19H,2-3,7-8,10-11H2,1H3,(H2,16,18). The largest absolute Gasteiger partial charge is 0.389 e. The average Bonchev–Trinajstić information content (AvgIpc) is 2.75. The lowest BCUT2D eigenvalue weighted by atomic mass is 10.0. The maximum Gasteiger partial charge on any atom is 0.248 e. The number of carbonyl (C=O) groups is 1. The van der Waals surface area contributed by atoms with Gasteiger partial charge in [0.15, 0.2) is 0 Å². The maximum atomic E-state index is 11.1. The second-order valence-corrected chi connectivity index (χ2v) is 5.67. The lowest BCUT2D eigenvalue weighted by Crippen LogP contribution is -2.38. The fourth-order valence-corrected chi connectivity index (χ4v) is 2.88. The highest BCUT2D eigenvalue weighted by Gasteiger charge is 2.32. The van der Waals surface area contributed by atoms with Gasteiger partial charge in [-0.25, -0.2) is 0 Å². The molecule has 1 aliphatic rings. The first kappa shape index (κ1) is 14.0. The van der Waals surface area contributed by atoms with Gasteiger partial charge in [-0.3, -0.25) is 9.69 Å². The number of rotatable bonds is 5. The number of nitrogens with zero attached hydrogens (tertiary/aromatic N) is 1. The minimum atomic E-state index is -0.532. The summed E-state index contributed by atoms with van der Waals surface area (Å²) in [5.74, 6) is -0.404. The molecule has 1 aromatic rings. The summed E-state index contributed by atoms with van der Waals surface area (Å²) in [5.41, 5.74) is 6.32. The third-order valence-corrected chi connectivity index (χ3v) is 3.76. The van der Waals surface area contributed by atoms with Crippen molar-refractivity contribution >= 4 is 5.91 Å². The predicted molar refractivity (Wildman–Crippen MR) is 74.7 cm³/mol. The van der Waals surface area contributed by atoms with Crippen LogP contribution in [0.3, 0.4) is 0 Å². The Morgan fingerprint density at radius 1 is 1.42 bits per heavy atom. The number of carbonyl (C=O) groups excluding carboxylic acids is 1. The van der Waals surface area contributed by atoms with Gasteiger partial charge in [-0.15, -0.1) is 0 Å². The van der Waals surface area contributed by atoms with Crippen molar-refractivity contribution in [2.75, 3.05) is 13.6 Å². The Kier molecular flexibility index (Phi) is 4.22. The highest BCUT2D eigenvalue weighted by Crippen LogP contribution is 2.30. The number of aliphatic hydroxyl groups is 1. The van der Waals surface area contributed by atoms with Crippen LogP contribution in [0.5, 0.6) is 0 Å². The lowest BCUT2D eigenvalue weighted by Gasteiger charge is -2.28. The van der Waals surface area contributed by atoms with Crippen molar-refractivity contribution in [3.63, 3.8) is 0 Å². The van der Waals surface area contributed by atoms with Gasteiger partial charge in [0.05, 0.1) is 5.60 Å². The zero-order chi connectivity index (χ0) is 13.9. The Morgan fingerprint density at radius 3 is 2.74 bits per heavy atom. The van der Waals surface area contributed by atoms with Crippen molar-refractivity contribution in [3.8, 4) is 0 Å². The number of primary amides is 1. The topological polar surface area (TPSA) is 66.6 Å². The summed E-state index contributed by atoms with van der Waals surface area (Å²) in [6, 6.07) is 7.35. The number of hydrogen-bond acceptors (Lipinski definition) is 3. The molecule has 1 aliphatic carbocycles. The molecule has 0 radical (unpaired) electrons. The quantitative estimate of drug-likeness (QED) is 0.845. The van der Waals surface area contributed by atoms with Crippen LogP contribution in [0.4, 0.5) is 0 Å². The van der Waals surface area contributed by atoms with Crippen LogP contribution in [0.2, 0.25) is 0 Å². The molecular weight excluding hydrogens is 240 g/mol. The number of hydrogen-bond donors (Lipinski definition) is 2. The maximum absolute atomic E-state index is 11.1. The molecule has 104 valence electrons. The zero-order valence-corrected chi connectivity index (χ0v) is 11.4. The van der Waals surface area contributed by atoms with Gasteiger partial charge in [0, 0.05) is 18.7 Å². The molecule has 0 aromatic heterocycles. The van der Waals surface area contributed by atoms with Gasteiger partial charge in [0.1, 0.15) is 0 Å². The van der Waals surface area contributed by atoms with E-state index in [2.05, 4.69) is 4.90 Å². The van der Waals surface area contributed by atoms with Crippen molar-refractivity contribution in [2.45, 2.75) is 37.8 Å². The van der Waals surface area contributed by atoms with Gasteiger partial charge >= 0.3 is 0 Å². The molecular formula is C15H22N2O2. The molecule has 4 heteroatoms. The van der Waals surface area contributed by atoms with Crippen LogP contribution in [-0.4, -0.2) is 35.1 Å². The second kappa shape index (κ2) is 5.72. The van der Waals surface area contributed by atoms with Gasteiger partial charge in [-0.1, -0.05) is 25.0 Å². The molecule has 0 spiro atoms. The molecule has 3 N–H and O–H groups in total. The van der Waals surface area contributed by atoms with Crippen molar-refractivity contribution in [2.24, 2.45) is 5.73 Å². The van der Waals surface area contributed by atoms with Gasteiger partial charge in [0.2, 0.25) is 5.91 Å². The predicted octanol–water partition coefficient (Wildman–Crippen LogP) is 1.52. The third-order valence-electron chi connectivity index (χ3n) is 3.76. The highest BCUT2D eigenvalue weighted by molar-refractivity contribution is 5.92. The molecule has 2 rings (SSSR count). The van der Waals surface area contributed by atoms with E-state index in [9.17, 15) is 9.90 Å². The molecule has 0 unspecified atom stereocenters. The van der Waals surface area contributed by atoms with Crippen LogP contribution in [0.25, 0.3) is 0 Å². The van der Waals surface area contributed by atoms with Crippen LogP contribution in [0.1, 0.15) is 41.6 Å². The van der Waals surface area contributed by atoms with E-state index in [1.165, 1.54) is 0 Å². The Balaban J connectivity index is 1.96. The number of amides is 1. The number of likely N-dealkylation sites (N-methyl/N-ethyl adjacent to an activating group) is 1. The molecule has 0 bridgehead atoms. The fraction of sp³-hybridized carbons (Fsp3) is 0.533. The zero-order valence-electron chi connectivity index (χ0n) is 11.4. The van der Waals surface area contributed by atoms with E-state index in [1.54, 1.807) is 6.07 Å². The number of benzene rings is 1. The molecule has 0 aliphatic heterocycles. The van der Waals surface area contributed by atoms with E-state index < -0.39 is 11.5 Å². The van der Waals surface area contributed by atoms with Gasteiger partial charge in [0.25, 0.3) is 0 Å². The van der Waals surface area contributed by atoms with Crippen LogP contribution in [0, 0.1) is 0 Å². The lowest BCUT2D eigenvalue weighted by molar-refractivity contribution is 0.0145. The fourth-order valence-electron chi connectivity index (χ4n) is 2.88. The SMILES string of the molecule is CN(Cc1cccc(C(N)=O)c1)CC1(O)CCCC1. The first-order valence-corrected chi connectivity index (χ1v) is 6.78. The van der Waals surface area contributed by atoms with E-state index >= 15 is 0 Å². The summed E-state index contributed by atoms with van der Waals surface area (Å²) < 4.78 is 0. The summed E-state index contributed by atoms with van der Waals surface area (Å²) in [4.78, 5) is 13.2. The molecule has 4 nitrogen and oxygen atoms in total. The Bertz CT molecular complexity index is 453. The molecule has 1 saturated carbocycles. The van der Waals surface area contributed by atoms with Crippen LogP contribution in [0.15, 0.2) is 24.3 Å². The van der Waals surface area contributed by atoms with E-state index in [0.29, 0.717) is 18.7 Å². The second-order valence-electron chi connectivity index (χ2n) is 5.67. The monoisotopic (exact) mass is 262 g/mol. The van der Waals surface area contributed by atoms with Crippen LogP contribution < -0.4 is 5.73 Å². The van der Waals surface area contributed by atoms with E-state index in [1.807, 2.05) is 25.2 Å². The Hall–Kier alpha value is -1.39. The number of nitrogens with two attached hydrogens (primary N) is 1. The molecule has 19 heavy (non-hydrogen) atoms. The van der Waals surface area contributed by atoms with E-state index in [0.717, 1.165) is 31.2 Å². The Morgan fingerprint density at radius 2 is 2.11 bits per heavy atom. The van der Waals surface area contributed by atoms with Crippen molar-refractivity contribution < 1.29 is 9.90 Å². The summed E-state index contributed by atoms with van der Waals surface area (Å²) in [5, 5.41) is 10.4. The highest BCUT2D eigenvalue weighted by atomic mass is 16.3. The molecule has 1 fully saturated rings. The smallest absolute Gasteiger partial charge is 0.248 e. The normalized spacial score (nSPS) is 17.8. The van der Waals surface area contributed by atoms with Gasteiger partial charge < -0.3 is 10.8 Å². The van der Waals surface area contributed by atoms with E-state index in [4.69, 9.17) is 5.73 Å². The summed E-state index contributed by atoms with van der Waals surface area (Å²) in [6.45, 7) is 1.39. The summed E-state index contributed by atoms with van der Waals surface area (Å²) in [7, 11) is 1.99. The first-order valence-electron chi connectivity index (χ1n) is 6.78.